The Labute approximate surface area is 118 Å². The number of phenolic OH excluding ortho intramolecular Hbond substituents is 1. The quantitative estimate of drug-likeness (QED) is 0.478. The van der Waals surface area contributed by atoms with E-state index >= 15 is 0 Å². The summed E-state index contributed by atoms with van der Waals surface area (Å²) in [6.07, 6.45) is 6.51. The third-order valence-electron chi connectivity index (χ3n) is 3.64. The first-order valence-electron chi connectivity index (χ1n) is 6.10. The lowest BCUT2D eigenvalue weighted by molar-refractivity contribution is 0.322. The summed E-state index contributed by atoms with van der Waals surface area (Å²) in [5, 5.41) is 9.72. The molecule has 1 aromatic carbocycles. The number of hydrogen-bond donors (Lipinski definition) is 2. The van der Waals surface area contributed by atoms with Crippen LogP contribution in [0.4, 0.5) is 0 Å². The first kappa shape index (κ1) is 15.8. The lowest BCUT2D eigenvalue weighted by atomic mass is 10.0. The maximum atomic E-state index is 9.72. The van der Waals surface area contributed by atoms with Gasteiger partial charge in [-0.2, -0.15) is 0 Å². The molecule has 1 unspecified atom stereocenters. The predicted octanol–water partition coefficient (Wildman–Crippen LogP) is 2.56. The largest absolute Gasteiger partial charge is 0.508 e. The van der Waals surface area contributed by atoms with Crippen molar-refractivity contribution in [2.24, 2.45) is 0 Å². The molecule has 0 aliphatic heterocycles. The van der Waals surface area contributed by atoms with E-state index in [0.29, 0.717) is 5.75 Å². The number of aryl methyl sites for hydroxylation is 1. The molecule has 0 amide bonds. The van der Waals surface area contributed by atoms with Crippen LogP contribution in [0.2, 0.25) is 0 Å². The second-order valence-electron chi connectivity index (χ2n) is 5.47. The Morgan fingerprint density at radius 3 is 2.56 bits per heavy atom. The first-order chi connectivity index (χ1) is 8.30. The summed E-state index contributed by atoms with van der Waals surface area (Å²) in [5.41, 5.74) is 1.03. The van der Waals surface area contributed by atoms with Gasteiger partial charge in [0.15, 0.2) is 7.85 Å². The van der Waals surface area contributed by atoms with Gasteiger partial charge < -0.3 is 9.29 Å². The van der Waals surface area contributed by atoms with Gasteiger partial charge in [-0.3, -0.25) is 0 Å². The number of thiol groups is 1. The van der Waals surface area contributed by atoms with Crippen LogP contribution in [0.15, 0.2) is 24.3 Å². The van der Waals surface area contributed by atoms with Crippen LogP contribution in [0.5, 0.6) is 5.75 Å². The highest BCUT2D eigenvalue weighted by molar-refractivity contribution is 8.34. The van der Waals surface area contributed by atoms with E-state index in [2.05, 4.69) is 40.2 Å². The Balaban J connectivity index is 2.54. The molecule has 0 saturated heterocycles. The van der Waals surface area contributed by atoms with Gasteiger partial charge in [0.2, 0.25) is 0 Å². The summed E-state index contributed by atoms with van der Waals surface area (Å²) in [6, 6.07) is 7.55. The van der Waals surface area contributed by atoms with Crippen LogP contribution >= 0.6 is 22.9 Å². The van der Waals surface area contributed by atoms with Crippen LogP contribution in [0.25, 0.3) is 0 Å². The summed E-state index contributed by atoms with van der Waals surface area (Å²) < 4.78 is 5.31. The average molecular weight is 286 g/mol. The minimum atomic E-state index is -0.873. The number of hydrogen-bond acceptors (Lipinski definition) is 3. The van der Waals surface area contributed by atoms with E-state index in [1.54, 1.807) is 6.07 Å². The smallest absolute Gasteiger partial charge is 0.156 e. The van der Waals surface area contributed by atoms with Gasteiger partial charge >= 0.3 is 0 Å². The van der Waals surface area contributed by atoms with Gasteiger partial charge in [0.05, 0.1) is 4.83 Å². The van der Waals surface area contributed by atoms with Gasteiger partial charge in [-0.25, -0.2) is 10.0 Å². The third-order valence-corrected chi connectivity index (χ3v) is 8.28. The van der Waals surface area contributed by atoms with Crippen molar-refractivity contribution in [3.05, 3.63) is 29.8 Å². The molecular weight excluding hydrogens is 263 g/mol. The molecule has 1 rings (SSSR count). The fraction of sp³-hybridized carbons (Fsp3) is 0.538. The van der Waals surface area contributed by atoms with Gasteiger partial charge in [-0.05, 0) is 62.6 Å². The molecular formula is C13H23BO2S2. The van der Waals surface area contributed by atoms with Crippen molar-refractivity contribution in [1.29, 1.82) is 0 Å². The number of rotatable bonds is 6. The zero-order chi connectivity index (χ0) is 13.8. The maximum absolute atomic E-state index is 9.72. The highest BCUT2D eigenvalue weighted by atomic mass is 32.3. The topological polar surface area (TPSA) is 29.5 Å². The van der Waals surface area contributed by atoms with Crippen molar-refractivity contribution in [2.45, 2.75) is 24.6 Å². The molecule has 2 nitrogen and oxygen atoms in total. The number of phenols is 1. The third kappa shape index (κ3) is 3.87. The van der Waals surface area contributed by atoms with Crippen LogP contribution in [0.1, 0.15) is 18.9 Å². The highest BCUT2D eigenvalue weighted by Crippen LogP contribution is 2.53. The van der Waals surface area contributed by atoms with E-state index in [1.807, 2.05) is 18.2 Å². The number of benzene rings is 1. The molecule has 1 N–H and O–H groups in total. The Morgan fingerprint density at radius 2 is 2.00 bits per heavy atom. The molecule has 0 aromatic heterocycles. The van der Waals surface area contributed by atoms with Crippen LogP contribution in [0, 0.1) is 0 Å². The molecule has 0 aliphatic rings. The number of para-hydroxylation sites is 1. The molecule has 0 fully saturated rings. The lowest BCUT2D eigenvalue weighted by Crippen LogP contribution is -2.34. The Kier molecular flexibility index (Phi) is 5.50. The van der Waals surface area contributed by atoms with Crippen molar-refractivity contribution < 1.29 is 9.29 Å². The summed E-state index contributed by atoms with van der Waals surface area (Å²) in [4.78, 5) is -0.186. The van der Waals surface area contributed by atoms with Crippen LogP contribution in [-0.2, 0) is 10.6 Å². The molecule has 18 heavy (non-hydrogen) atoms. The van der Waals surface area contributed by atoms with E-state index in [4.69, 9.17) is 4.18 Å². The van der Waals surface area contributed by atoms with E-state index in [-0.39, 0.29) is 4.83 Å². The van der Waals surface area contributed by atoms with Gasteiger partial charge in [-0.15, -0.1) is 0 Å². The van der Waals surface area contributed by atoms with Gasteiger partial charge in [0, 0.05) is 0 Å². The molecule has 0 saturated carbocycles. The summed E-state index contributed by atoms with van der Waals surface area (Å²) in [7, 11) is 1.22. The zero-order valence-electron chi connectivity index (χ0n) is 11.6. The number of aromatic hydroxyl groups is 1. The molecule has 0 spiro atoms. The minimum absolute atomic E-state index is 0.186. The Hall–Kier alpha value is -0.255. The Morgan fingerprint density at radius 1 is 1.39 bits per heavy atom. The van der Waals surface area contributed by atoms with Crippen molar-refractivity contribution in [1.82, 2.24) is 0 Å². The second kappa shape index (κ2) is 6.26. The average Bonchev–Trinajstić information content (AvgIpc) is 2.31. The predicted molar refractivity (Wildman–Crippen MR) is 87.8 cm³/mol. The molecule has 1 atom stereocenters. The molecule has 0 bridgehead atoms. The van der Waals surface area contributed by atoms with Crippen LogP contribution in [-0.4, -0.2) is 36.0 Å². The highest BCUT2D eigenvalue weighted by Gasteiger charge is 2.32. The standard InChI is InChI=1S/C13H23BO2S2/c1-13(14,16-17)18(2,3)10-6-8-11-7-4-5-9-12(11)15/h4-5,7,9,15,17H,6,8,10,14H2,1-3H3. The van der Waals surface area contributed by atoms with Gasteiger partial charge in [-0.1, -0.05) is 18.2 Å². The van der Waals surface area contributed by atoms with E-state index in [1.165, 1.54) is 0 Å². The fourth-order valence-electron chi connectivity index (χ4n) is 1.69. The summed E-state index contributed by atoms with van der Waals surface area (Å²) in [6.45, 7) is 2.09. The maximum Gasteiger partial charge on any atom is 0.156 e. The van der Waals surface area contributed by atoms with E-state index in [9.17, 15) is 5.11 Å². The molecule has 1 aromatic rings. The summed E-state index contributed by atoms with van der Waals surface area (Å²) in [5.74, 6) is 1.50. The molecule has 0 aliphatic carbocycles. The molecule has 0 heterocycles. The van der Waals surface area contributed by atoms with Crippen LogP contribution < -0.4 is 0 Å². The van der Waals surface area contributed by atoms with Gasteiger partial charge in [0.1, 0.15) is 5.75 Å². The molecule has 0 radical (unpaired) electrons. The molecule has 5 heteroatoms. The van der Waals surface area contributed by atoms with Gasteiger partial charge in [0.25, 0.3) is 0 Å². The van der Waals surface area contributed by atoms with E-state index < -0.39 is 10.0 Å². The zero-order valence-corrected chi connectivity index (χ0v) is 13.4. The van der Waals surface area contributed by atoms with Crippen molar-refractivity contribution in [3.63, 3.8) is 0 Å². The summed E-state index contributed by atoms with van der Waals surface area (Å²) >= 11 is 3.98. The first-order valence-corrected chi connectivity index (χ1v) is 9.08. The van der Waals surface area contributed by atoms with Crippen molar-refractivity contribution in [2.75, 3.05) is 18.3 Å². The van der Waals surface area contributed by atoms with E-state index in [0.717, 1.165) is 24.2 Å². The monoisotopic (exact) mass is 286 g/mol. The fourth-order valence-corrected chi connectivity index (χ4v) is 3.86. The second-order valence-corrected chi connectivity index (χ2v) is 10.1. The normalized spacial score (nSPS) is 16.2. The van der Waals surface area contributed by atoms with Crippen molar-refractivity contribution in [3.8, 4) is 5.75 Å². The Bertz CT molecular complexity index is 394. The SMILES string of the molecule is BC(C)(OS)S(C)(C)CCCc1ccccc1O. The lowest BCUT2D eigenvalue weighted by Gasteiger charge is -2.45. The van der Waals surface area contributed by atoms with Crippen molar-refractivity contribution >= 4 is 30.8 Å². The molecule has 102 valence electrons. The minimum Gasteiger partial charge on any atom is -0.508 e. The van der Waals surface area contributed by atoms with Crippen LogP contribution in [0.3, 0.4) is 0 Å².